The summed E-state index contributed by atoms with van der Waals surface area (Å²) in [7, 11) is 0. The third kappa shape index (κ3) is 7.31. The number of halogens is 1. The molecule has 0 saturated carbocycles. The van der Waals surface area contributed by atoms with E-state index in [-0.39, 0.29) is 35.8 Å². The van der Waals surface area contributed by atoms with Gasteiger partial charge in [-0.15, -0.1) is 24.0 Å². The Hall–Kier alpha value is -2.88. The lowest BCUT2D eigenvalue weighted by Crippen LogP contribution is -2.40. The minimum atomic E-state index is 0. The molecule has 7 nitrogen and oxygen atoms in total. The first-order valence-electron chi connectivity index (χ1n) is 11.5. The SMILES string of the molecule is CCNC(=NCc1coc(-c2ccccc2)n1)NCC1CC(=O)N(CCc2ccccc2)C1.I. The van der Waals surface area contributed by atoms with Crippen LogP contribution in [-0.2, 0) is 17.8 Å². The largest absolute Gasteiger partial charge is 0.444 e. The predicted octanol–water partition coefficient (Wildman–Crippen LogP) is 4.11. The monoisotopic (exact) mass is 573 g/mol. The first-order valence-corrected chi connectivity index (χ1v) is 11.5. The van der Waals surface area contributed by atoms with E-state index >= 15 is 0 Å². The molecule has 0 aliphatic carbocycles. The average molecular weight is 573 g/mol. The van der Waals surface area contributed by atoms with Gasteiger partial charge in [0, 0.05) is 44.1 Å². The number of benzene rings is 2. The zero-order valence-corrected chi connectivity index (χ0v) is 21.8. The van der Waals surface area contributed by atoms with E-state index in [1.165, 1.54) is 5.56 Å². The number of rotatable bonds is 9. The second-order valence-electron chi connectivity index (χ2n) is 8.23. The van der Waals surface area contributed by atoms with Gasteiger partial charge in [0.05, 0.1) is 6.54 Å². The van der Waals surface area contributed by atoms with E-state index in [0.29, 0.717) is 25.4 Å². The van der Waals surface area contributed by atoms with Gasteiger partial charge in [0.15, 0.2) is 5.96 Å². The van der Waals surface area contributed by atoms with E-state index in [2.05, 4.69) is 32.7 Å². The Kier molecular flexibility index (Phi) is 9.93. The molecule has 0 radical (unpaired) electrons. The van der Waals surface area contributed by atoms with Crippen molar-refractivity contribution in [1.82, 2.24) is 20.5 Å². The summed E-state index contributed by atoms with van der Waals surface area (Å²) >= 11 is 0. The number of hydrogen-bond donors (Lipinski definition) is 2. The Morgan fingerprint density at radius 2 is 1.85 bits per heavy atom. The van der Waals surface area contributed by atoms with Crippen molar-refractivity contribution in [2.45, 2.75) is 26.3 Å². The lowest BCUT2D eigenvalue weighted by atomic mass is 10.1. The van der Waals surface area contributed by atoms with Crippen molar-refractivity contribution in [3.8, 4) is 11.5 Å². The van der Waals surface area contributed by atoms with Gasteiger partial charge in [0.1, 0.15) is 12.0 Å². The number of aliphatic imine (C=N–C) groups is 1. The fourth-order valence-corrected chi connectivity index (χ4v) is 3.95. The van der Waals surface area contributed by atoms with E-state index < -0.39 is 0 Å². The van der Waals surface area contributed by atoms with Gasteiger partial charge in [-0.25, -0.2) is 9.98 Å². The second kappa shape index (κ2) is 13.1. The second-order valence-corrected chi connectivity index (χ2v) is 8.23. The van der Waals surface area contributed by atoms with Crippen LogP contribution in [0.4, 0.5) is 0 Å². The molecule has 8 heteroatoms. The number of hydrogen-bond acceptors (Lipinski definition) is 4. The molecule has 1 saturated heterocycles. The lowest BCUT2D eigenvalue weighted by Gasteiger charge is -2.18. The van der Waals surface area contributed by atoms with Gasteiger partial charge in [-0.1, -0.05) is 48.5 Å². The number of carbonyl (C=O) groups is 1. The van der Waals surface area contributed by atoms with Crippen LogP contribution >= 0.6 is 24.0 Å². The third-order valence-electron chi connectivity index (χ3n) is 5.68. The van der Waals surface area contributed by atoms with E-state index in [4.69, 9.17) is 4.42 Å². The summed E-state index contributed by atoms with van der Waals surface area (Å²) < 4.78 is 5.60. The van der Waals surface area contributed by atoms with Crippen molar-refractivity contribution in [3.05, 3.63) is 78.2 Å². The summed E-state index contributed by atoms with van der Waals surface area (Å²) in [6, 6.07) is 20.1. The average Bonchev–Trinajstić information content (AvgIpc) is 3.47. The fraction of sp³-hybridized carbons (Fsp3) is 0.346. The number of nitrogens with zero attached hydrogens (tertiary/aromatic N) is 3. The summed E-state index contributed by atoms with van der Waals surface area (Å²) in [5.41, 5.74) is 2.98. The van der Waals surface area contributed by atoms with Crippen LogP contribution in [0.15, 0.2) is 76.3 Å². The highest BCUT2D eigenvalue weighted by molar-refractivity contribution is 14.0. The van der Waals surface area contributed by atoms with Crippen molar-refractivity contribution < 1.29 is 9.21 Å². The Balaban J connectivity index is 0.00000324. The van der Waals surface area contributed by atoms with Crippen molar-refractivity contribution in [1.29, 1.82) is 0 Å². The molecule has 2 aromatic carbocycles. The molecular formula is C26H32IN5O2. The van der Waals surface area contributed by atoms with Crippen molar-refractivity contribution >= 4 is 35.8 Å². The first kappa shape index (κ1) is 25.7. The third-order valence-corrected chi connectivity index (χ3v) is 5.68. The fourth-order valence-electron chi connectivity index (χ4n) is 3.95. The van der Waals surface area contributed by atoms with Gasteiger partial charge in [-0.05, 0) is 31.0 Å². The van der Waals surface area contributed by atoms with E-state index in [9.17, 15) is 4.79 Å². The van der Waals surface area contributed by atoms with Crippen LogP contribution in [0.5, 0.6) is 0 Å². The highest BCUT2D eigenvalue weighted by Crippen LogP contribution is 2.19. The molecule has 34 heavy (non-hydrogen) atoms. The molecule has 180 valence electrons. The van der Waals surface area contributed by atoms with Crippen molar-refractivity contribution in [3.63, 3.8) is 0 Å². The Morgan fingerprint density at radius 1 is 1.12 bits per heavy atom. The molecular weight excluding hydrogens is 541 g/mol. The molecule has 1 fully saturated rings. The van der Waals surface area contributed by atoms with Gasteiger partial charge in [0.25, 0.3) is 0 Å². The van der Waals surface area contributed by atoms with Crippen LogP contribution in [0.2, 0.25) is 0 Å². The molecule has 1 aliphatic heterocycles. The Labute approximate surface area is 218 Å². The number of oxazole rings is 1. The topological polar surface area (TPSA) is 82.8 Å². The van der Waals surface area contributed by atoms with Crippen LogP contribution in [-0.4, -0.2) is 47.9 Å². The summed E-state index contributed by atoms with van der Waals surface area (Å²) in [4.78, 5) is 23.6. The maximum absolute atomic E-state index is 12.4. The number of guanidine groups is 1. The molecule has 2 N–H and O–H groups in total. The lowest BCUT2D eigenvalue weighted by molar-refractivity contribution is -0.127. The molecule has 1 aliphatic rings. The van der Waals surface area contributed by atoms with Gasteiger partial charge < -0.3 is 20.0 Å². The molecule has 1 unspecified atom stereocenters. The van der Waals surface area contributed by atoms with E-state index in [1.807, 2.05) is 60.4 Å². The first-order chi connectivity index (χ1) is 16.2. The number of aromatic nitrogens is 1. The summed E-state index contributed by atoms with van der Waals surface area (Å²) in [6.45, 7) is 5.45. The predicted molar refractivity (Wildman–Crippen MR) is 145 cm³/mol. The highest BCUT2D eigenvalue weighted by Gasteiger charge is 2.29. The van der Waals surface area contributed by atoms with Crippen LogP contribution in [0, 0.1) is 5.92 Å². The number of likely N-dealkylation sites (tertiary alicyclic amines) is 1. The summed E-state index contributed by atoms with van der Waals surface area (Å²) in [5, 5.41) is 6.65. The number of carbonyl (C=O) groups excluding carboxylic acids is 1. The number of nitrogens with one attached hydrogen (secondary N) is 2. The van der Waals surface area contributed by atoms with Crippen LogP contribution in [0.3, 0.4) is 0 Å². The normalized spacial score (nSPS) is 15.8. The van der Waals surface area contributed by atoms with E-state index in [1.54, 1.807) is 6.26 Å². The molecule has 0 spiro atoms. The molecule has 1 aromatic heterocycles. The van der Waals surface area contributed by atoms with Crippen LogP contribution in [0.1, 0.15) is 24.6 Å². The molecule has 1 atom stereocenters. The molecule has 3 aromatic rings. The molecule has 0 bridgehead atoms. The van der Waals surface area contributed by atoms with Gasteiger partial charge in [-0.3, -0.25) is 4.79 Å². The maximum Gasteiger partial charge on any atom is 0.226 e. The molecule has 1 amide bonds. The quantitative estimate of drug-likeness (QED) is 0.229. The van der Waals surface area contributed by atoms with Crippen molar-refractivity contribution in [2.24, 2.45) is 10.9 Å². The highest BCUT2D eigenvalue weighted by atomic mass is 127. The maximum atomic E-state index is 12.4. The Bertz CT molecular complexity index is 1060. The van der Waals surface area contributed by atoms with Gasteiger partial charge in [-0.2, -0.15) is 0 Å². The minimum absolute atomic E-state index is 0. The van der Waals surface area contributed by atoms with E-state index in [0.717, 1.165) is 43.3 Å². The summed E-state index contributed by atoms with van der Waals surface area (Å²) in [6.07, 6.45) is 3.11. The summed E-state index contributed by atoms with van der Waals surface area (Å²) in [5.74, 6) is 1.82. The molecule has 2 heterocycles. The number of amides is 1. The van der Waals surface area contributed by atoms with Crippen LogP contribution in [0.25, 0.3) is 11.5 Å². The zero-order valence-electron chi connectivity index (χ0n) is 19.4. The molecule has 4 rings (SSSR count). The smallest absolute Gasteiger partial charge is 0.226 e. The standard InChI is InChI=1S/C26H31N5O2.HI/c1-2-27-26(29-17-23-19-33-25(30-23)22-11-7-4-8-12-22)28-16-21-15-24(32)31(18-21)14-13-20-9-5-3-6-10-20;/h3-12,19,21H,2,13-18H2,1H3,(H2,27,28,29);1H. The zero-order chi connectivity index (χ0) is 22.9. The minimum Gasteiger partial charge on any atom is -0.444 e. The van der Waals surface area contributed by atoms with Crippen LogP contribution < -0.4 is 10.6 Å². The van der Waals surface area contributed by atoms with Gasteiger partial charge in [0.2, 0.25) is 11.8 Å². The van der Waals surface area contributed by atoms with Crippen molar-refractivity contribution in [2.75, 3.05) is 26.2 Å². The Morgan fingerprint density at radius 3 is 2.59 bits per heavy atom. The van der Waals surface area contributed by atoms with Gasteiger partial charge >= 0.3 is 0 Å².